The highest BCUT2D eigenvalue weighted by Gasteiger charge is 2.22. The number of carbonyl (C=O) groups excluding carboxylic acids is 4. The molecule has 2 aromatic rings. The summed E-state index contributed by atoms with van der Waals surface area (Å²) in [5, 5.41) is 4.27. The van der Waals surface area contributed by atoms with E-state index >= 15 is 0 Å². The van der Waals surface area contributed by atoms with Crippen molar-refractivity contribution in [3.05, 3.63) is 59.7 Å². The molecule has 0 spiro atoms. The van der Waals surface area contributed by atoms with Crippen molar-refractivity contribution in [1.29, 1.82) is 0 Å². The molecule has 7 nitrogen and oxygen atoms in total. The molecule has 8 heteroatoms. The lowest BCUT2D eigenvalue weighted by Gasteiger charge is -2.11. The van der Waals surface area contributed by atoms with E-state index < -0.39 is 34.4 Å². The summed E-state index contributed by atoms with van der Waals surface area (Å²) < 4.78 is 13.0. The Morgan fingerprint density at radius 1 is 0.692 bits per heavy atom. The van der Waals surface area contributed by atoms with Gasteiger partial charge in [-0.25, -0.2) is 4.21 Å². The van der Waals surface area contributed by atoms with Crippen LogP contribution in [0.15, 0.2) is 58.3 Å². The van der Waals surface area contributed by atoms with Gasteiger partial charge in [0.1, 0.15) is 0 Å². The van der Waals surface area contributed by atoms with Gasteiger partial charge in [0.2, 0.25) is 11.8 Å². The fourth-order valence-corrected chi connectivity index (χ4v) is 3.57. The second-order valence-electron chi connectivity index (χ2n) is 5.28. The van der Waals surface area contributed by atoms with Gasteiger partial charge in [0.05, 0.1) is 31.7 Å². The monoisotopic (exact) mass is 372 g/mol. The summed E-state index contributed by atoms with van der Waals surface area (Å²) in [4.78, 5) is 46.9. The van der Waals surface area contributed by atoms with E-state index in [2.05, 4.69) is 10.6 Å². The van der Waals surface area contributed by atoms with Crippen LogP contribution in [-0.4, -0.2) is 27.8 Å². The Morgan fingerprint density at radius 3 is 1.38 bits per heavy atom. The maximum Gasteiger partial charge on any atom is 0.259 e. The molecule has 134 valence electrons. The quantitative estimate of drug-likeness (QED) is 0.843. The summed E-state index contributed by atoms with van der Waals surface area (Å²) in [7, 11) is -1.88. The van der Waals surface area contributed by atoms with Gasteiger partial charge in [0.25, 0.3) is 11.8 Å². The topological polar surface area (TPSA) is 109 Å². The third kappa shape index (κ3) is 4.48. The predicted octanol–water partition coefficient (Wildman–Crippen LogP) is 1.41. The highest BCUT2D eigenvalue weighted by molar-refractivity contribution is 7.85. The zero-order valence-corrected chi connectivity index (χ0v) is 14.9. The van der Waals surface area contributed by atoms with Crippen LogP contribution in [0.2, 0.25) is 0 Å². The lowest BCUT2D eigenvalue weighted by atomic mass is 10.2. The summed E-state index contributed by atoms with van der Waals surface area (Å²) in [5.74, 6) is -2.46. The summed E-state index contributed by atoms with van der Waals surface area (Å²) in [6.45, 7) is 2.39. The summed E-state index contributed by atoms with van der Waals surface area (Å²) >= 11 is 0. The Kier molecular flexibility index (Phi) is 6.13. The molecule has 26 heavy (non-hydrogen) atoms. The molecule has 0 unspecified atom stereocenters. The number of amides is 4. The molecule has 0 heterocycles. The van der Waals surface area contributed by atoms with Crippen molar-refractivity contribution in [3.63, 3.8) is 0 Å². The van der Waals surface area contributed by atoms with Gasteiger partial charge >= 0.3 is 0 Å². The molecule has 2 rings (SSSR count). The fraction of sp³-hybridized carbons (Fsp3) is 0.111. The van der Waals surface area contributed by atoms with Gasteiger partial charge in [-0.2, -0.15) is 0 Å². The van der Waals surface area contributed by atoms with Crippen LogP contribution in [-0.2, 0) is 20.4 Å². The third-order valence-corrected chi connectivity index (χ3v) is 4.75. The number of rotatable bonds is 4. The molecule has 2 N–H and O–H groups in total. The number of nitrogens with one attached hydrogen (secondary N) is 2. The van der Waals surface area contributed by atoms with Gasteiger partial charge in [-0.05, 0) is 24.3 Å². The minimum atomic E-state index is -1.88. The first-order chi connectivity index (χ1) is 12.3. The zero-order chi connectivity index (χ0) is 19.3. The van der Waals surface area contributed by atoms with Crippen molar-refractivity contribution in [2.45, 2.75) is 23.6 Å². The molecule has 0 aromatic heterocycles. The molecule has 0 saturated carbocycles. The van der Waals surface area contributed by atoms with Crippen LogP contribution in [0.5, 0.6) is 0 Å². The van der Waals surface area contributed by atoms with E-state index in [0.717, 1.165) is 0 Å². The van der Waals surface area contributed by atoms with Crippen LogP contribution in [0.4, 0.5) is 0 Å². The van der Waals surface area contributed by atoms with E-state index in [1.54, 1.807) is 24.3 Å². The van der Waals surface area contributed by atoms with Gasteiger partial charge in [0.15, 0.2) is 0 Å². The van der Waals surface area contributed by atoms with Gasteiger partial charge in [-0.1, -0.05) is 24.3 Å². The van der Waals surface area contributed by atoms with Gasteiger partial charge in [-0.3, -0.25) is 29.8 Å². The Morgan fingerprint density at radius 2 is 1.04 bits per heavy atom. The van der Waals surface area contributed by atoms with Crippen LogP contribution in [0, 0.1) is 0 Å². The molecule has 0 radical (unpaired) electrons. The van der Waals surface area contributed by atoms with Crippen molar-refractivity contribution in [2.75, 3.05) is 0 Å². The van der Waals surface area contributed by atoms with Gasteiger partial charge < -0.3 is 0 Å². The Hall–Kier alpha value is -3.13. The van der Waals surface area contributed by atoms with E-state index in [1.807, 2.05) is 0 Å². The first kappa shape index (κ1) is 19.2. The van der Waals surface area contributed by atoms with Crippen molar-refractivity contribution >= 4 is 34.4 Å². The number of hydrogen-bond acceptors (Lipinski definition) is 5. The van der Waals surface area contributed by atoms with Gasteiger partial charge in [-0.15, -0.1) is 0 Å². The molecule has 2 aromatic carbocycles. The third-order valence-electron chi connectivity index (χ3n) is 3.24. The molecule has 0 aliphatic rings. The first-order valence-electron chi connectivity index (χ1n) is 7.55. The van der Waals surface area contributed by atoms with Crippen LogP contribution >= 0.6 is 0 Å². The van der Waals surface area contributed by atoms with Crippen LogP contribution < -0.4 is 10.6 Å². The molecule has 0 saturated heterocycles. The maximum absolute atomic E-state index is 13.0. The van der Waals surface area contributed by atoms with Crippen LogP contribution in [0.1, 0.15) is 34.6 Å². The van der Waals surface area contributed by atoms with Crippen molar-refractivity contribution in [1.82, 2.24) is 10.6 Å². The molecular formula is C18H16N2O5S. The SMILES string of the molecule is CC(=O)NC(=O)c1ccccc1S(=O)c1ccccc1C(=O)NC(C)=O. The van der Waals surface area contributed by atoms with Crippen molar-refractivity contribution in [3.8, 4) is 0 Å². The molecular weight excluding hydrogens is 356 g/mol. The smallest absolute Gasteiger partial charge is 0.259 e. The highest BCUT2D eigenvalue weighted by atomic mass is 32.2. The summed E-state index contributed by atoms with van der Waals surface area (Å²) in [6, 6.07) is 12.2. The van der Waals surface area contributed by atoms with E-state index in [-0.39, 0.29) is 20.9 Å². The number of carbonyl (C=O) groups is 4. The van der Waals surface area contributed by atoms with E-state index in [4.69, 9.17) is 0 Å². The van der Waals surface area contributed by atoms with Crippen LogP contribution in [0.3, 0.4) is 0 Å². The number of hydrogen-bond donors (Lipinski definition) is 2. The van der Waals surface area contributed by atoms with Crippen LogP contribution in [0.25, 0.3) is 0 Å². The fourth-order valence-electron chi connectivity index (χ4n) is 2.20. The number of imide groups is 2. The molecule has 0 fully saturated rings. The minimum absolute atomic E-state index is 0.0582. The Balaban J connectivity index is 2.48. The van der Waals surface area contributed by atoms with E-state index in [1.165, 1.54) is 38.1 Å². The molecule has 0 aliphatic carbocycles. The van der Waals surface area contributed by atoms with Gasteiger partial charge in [0, 0.05) is 13.8 Å². The largest absolute Gasteiger partial charge is 0.293 e. The average molecular weight is 372 g/mol. The standard InChI is InChI=1S/C18H16N2O5S/c1-11(21)19-17(23)13-7-3-5-9-15(13)26(25)16-10-6-4-8-14(16)18(24)20-12(2)22/h3-10H,1-2H3,(H,19,21,23)(H,20,22,24). The van der Waals surface area contributed by atoms with Crippen molar-refractivity contribution in [2.24, 2.45) is 0 Å². The normalized spacial score (nSPS) is 10.3. The summed E-state index contributed by atoms with van der Waals surface area (Å²) in [5.41, 5.74) is 0.116. The minimum Gasteiger partial charge on any atom is -0.293 e. The molecule has 0 bridgehead atoms. The maximum atomic E-state index is 13.0. The summed E-state index contributed by atoms with van der Waals surface area (Å²) in [6.07, 6.45) is 0. The van der Waals surface area contributed by atoms with Crippen molar-refractivity contribution < 1.29 is 23.4 Å². The first-order valence-corrected chi connectivity index (χ1v) is 8.70. The molecule has 4 amide bonds. The Bertz CT molecular complexity index is 850. The highest BCUT2D eigenvalue weighted by Crippen LogP contribution is 2.23. The second-order valence-corrected chi connectivity index (χ2v) is 6.70. The Labute approximate surface area is 152 Å². The zero-order valence-electron chi connectivity index (χ0n) is 14.1. The lowest BCUT2D eigenvalue weighted by molar-refractivity contribution is -0.119. The van der Waals surface area contributed by atoms with E-state index in [0.29, 0.717) is 0 Å². The second kappa shape index (κ2) is 8.30. The molecule has 0 aliphatic heterocycles. The molecule has 0 atom stereocenters. The average Bonchev–Trinajstić information content (AvgIpc) is 2.60. The predicted molar refractivity (Wildman–Crippen MR) is 93.9 cm³/mol. The van der Waals surface area contributed by atoms with E-state index in [9.17, 15) is 23.4 Å². The number of benzene rings is 2. The lowest BCUT2D eigenvalue weighted by Crippen LogP contribution is -2.30.